The van der Waals surface area contributed by atoms with Crippen LogP contribution in [-0.4, -0.2) is 58.2 Å². The van der Waals surface area contributed by atoms with Crippen LogP contribution in [-0.2, 0) is 63.1 Å². The van der Waals surface area contributed by atoms with Gasteiger partial charge in [0.15, 0.2) is 0 Å². The van der Waals surface area contributed by atoms with Crippen molar-refractivity contribution in [3.8, 4) is 0 Å². The number of hydrogen-bond donors (Lipinski definition) is 0. The molecule has 0 saturated heterocycles. The van der Waals surface area contributed by atoms with E-state index in [4.69, 9.17) is 58.0 Å². The van der Waals surface area contributed by atoms with Gasteiger partial charge < -0.3 is 23.5 Å². The van der Waals surface area contributed by atoms with Crippen molar-refractivity contribution in [2.45, 2.75) is 0 Å². The van der Waals surface area contributed by atoms with Crippen LogP contribution in [0.4, 0.5) is 0 Å². The Balaban J connectivity index is -0.0000000134. The van der Waals surface area contributed by atoms with Crippen LogP contribution in [0, 0.1) is 0 Å². The lowest BCUT2D eigenvalue weighted by atomic mass is 11.0. The van der Waals surface area contributed by atoms with Gasteiger partial charge in [-0.05, 0) is 63.1 Å². The summed E-state index contributed by atoms with van der Waals surface area (Å²) in [5.41, 5.74) is 0. The van der Waals surface area contributed by atoms with Crippen molar-refractivity contribution >= 4 is 121 Å². The molecule has 0 aromatic carbocycles. The van der Waals surface area contributed by atoms with E-state index in [1.165, 1.54) is 0 Å². The average Bonchev–Trinajstić information content (AvgIpc) is 2.55. The fourth-order valence-electron chi connectivity index (χ4n) is 0. The molecule has 0 aliphatic rings. The molecule has 0 spiro atoms. The van der Waals surface area contributed by atoms with Crippen LogP contribution in [0.25, 0.3) is 0 Å². The maximum atomic E-state index is 5.14. The van der Waals surface area contributed by atoms with Gasteiger partial charge >= 0.3 is 0 Å². The highest BCUT2D eigenvalue weighted by Crippen LogP contribution is 1.66. The maximum Gasteiger partial charge on any atom is 0.117 e. The first kappa shape index (κ1) is 63.0. The predicted octanol–water partition coefficient (Wildman–Crippen LogP) is -13.8. The van der Waals surface area contributed by atoms with E-state index in [1.807, 2.05) is 0 Å². The number of alkyl halides is 5. The Morgan fingerprint density at radius 3 is 0.360 bits per heavy atom. The van der Waals surface area contributed by atoms with Crippen LogP contribution in [0.15, 0.2) is 0 Å². The SMILES string of the molecule is [F-].[F-].[F-].[F-].[F-].[SH2+]CCCl.[SH2+]CCCl.[SH2+]CCCl.[SH2+]CCCl.[SH2+]CCCl. The zero-order chi connectivity index (χ0) is 17.1. The van der Waals surface area contributed by atoms with Gasteiger partial charge in [-0.2, -0.15) is 0 Å². The summed E-state index contributed by atoms with van der Waals surface area (Å²) in [6, 6.07) is 0. The Morgan fingerprint density at radius 1 is 0.320 bits per heavy atom. The quantitative estimate of drug-likeness (QED) is 0.172. The molecule has 0 N–H and O–H groups in total. The van der Waals surface area contributed by atoms with Gasteiger partial charge in [0.05, 0.1) is 29.4 Å². The number of rotatable bonds is 5. The first-order chi connectivity index (χ1) is 9.57. The maximum absolute atomic E-state index is 5.14. The topological polar surface area (TPSA) is 0 Å². The van der Waals surface area contributed by atoms with Crippen LogP contribution >= 0.6 is 58.0 Å². The second-order valence-corrected chi connectivity index (χ2v) is 6.58. The number of hydrogen-bond acceptors (Lipinski definition) is 0. The summed E-state index contributed by atoms with van der Waals surface area (Å²) >= 11 is 41.5. The second kappa shape index (κ2) is 109. The van der Waals surface area contributed by atoms with Crippen LogP contribution in [0.5, 0.6) is 0 Å². The monoisotopic (exact) mass is 580 g/mol. The minimum atomic E-state index is 0. The average molecular weight is 583 g/mol. The molecule has 0 nitrogen and oxygen atoms in total. The van der Waals surface area contributed by atoms with Crippen LogP contribution in [0.1, 0.15) is 0 Å². The highest BCUT2D eigenvalue weighted by atomic mass is 35.5. The molecule has 0 aromatic rings. The standard InChI is InChI=1S/5C2H5ClS.5FH/c5*3-1-2-4;;;;;/h5*4H,1-2H2;5*1H. The molecule has 0 rings (SSSR count). The van der Waals surface area contributed by atoms with E-state index in [2.05, 4.69) is 63.1 Å². The second-order valence-electron chi connectivity index (χ2n) is 2.19. The summed E-state index contributed by atoms with van der Waals surface area (Å²) in [5.74, 6) is 7.98. The van der Waals surface area contributed by atoms with Gasteiger partial charge in [0.25, 0.3) is 0 Å². The molecule has 0 radical (unpaired) electrons. The Hall–Kier alpha value is 2.85. The van der Waals surface area contributed by atoms with Crippen molar-refractivity contribution in [1.29, 1.82) is 0 Å². The summed E-state index contributed by atoms with van der Waals surface area (Å²) in [6.07, 6.45) is 0. The zero-order valence-corrected chi connectivity index (χ0v) is 22.1. The van der Waals surface area contributed by atoms with E-state index in [0.29, 0.717) is 29.4 Å². The third-order valence-corrected chi connectivity index (χ3v) is 4.25. The minimum absolute atomic E-state index is 0. The number of halogens is 10. The van der Waals surface area contributed by atoms with Crippen molar-refractivity contribution < 1.29 is 23.5 Å². The Morgan fingerprint density at radius 2 is 0.360 bits per heavy atom. The van der Waals surface area contributed by atoms with Gasteiger partial charge in [0, 0.05) is 0 Å². The molecule has 0 aromatic heterocycles. The third-order valence-electron chi connectivity index (χ3n) is 0.472. The molecule has 0 bridgehead atoms. The van der Waals surface area contributed by atoms with E-state index in [0.717, 1.165) is 28.8 Å². The van der Waals surface area contributed by atoms with Gasteiger partial charge in [0.2, 0.25) is 0 Å². The van der Waals surface area contributed by atoms with Gasteiger partial charge in [-0.25, -0.2) is 0 Å². The van der Waals surface area contributed by atoms with E-state index in [9.17, 15) is 0 Å². The van der Waals surface area contributed by atoms with Crippen LogP contribution < -0.4 is 23.5 Å². The predicted molar refractivity (Wildman–Crippen MR) is 129 cm³/mol. The molecule has 170 valence electrons. The highest BCUT2D eigenvalue weighted by molar-refractivity contribution is 7.59. The molecule has 0 atom stereocenters. The van der Waals surface area contributed by atoms with E-state index < -0.39 is 0 Å². The largest absolute Gasteiger partial charge is 1.00 e. The normalized spacial score (nSPS) is 6.00. The molecule has 0 unspecified atom stereocenters. The smallest absolute Gasteiger partial charge is 0.117 e. The summed E-state index contributed by atoms with van der Waals surface area (Å²) in [4.78, 5) is 0. The van der Waals surface area contributed by atoms with Crippen molar-refractivity contribution in [3.05, 3.63) is 0 Å². The summed E-state index contributed by atoms with van der Waals surface area (Å²) in [7, 11) is 0. The van der Waals surface area contributed by atoms with E-state index >= 15 is 0 Å². The van der Waals surface area contributed by atoms with Crippen LogP contribution in [0.3, 0.4) is 0 Å². The van der Waals surface area contributed by atoms with Gasteiger partial charge in [-0.15, -0.1) is 58.0 Å². The lowest BCUT2D eigenvalue weighted by molar-refractivity contribution is -0.00100. The lowest BCUT2D eigenvalue weighted by Crippen LogP contribution is -3.00. The minimum Gasteiger partial charge on any atom is -1.00 e. The molecule has 0 saturated carbocycles. The first-order valence-corrected chi connectivity index (χ1v) is 11.8. The summed E-state index contributed by atoms with van der Waals surface area (Å²) in [5, 5.41) is 0. The Bertz CT molecular complexity index is 81.3. The fraction of sp³-hybridized carbons (Fsp3) is 1.00. The Kier molecular flexibility index (Phi) is 274. The van der Waals surface area contributed by atoms with E-state index in [-0.39, 0.29) is 23.5 Å². The molecule has 0 fully saturated rings. The molecule has 0 heterocycles. The molecular formula is C10H30Cl5F5S5. The third kappa shape index (κ3) is 269. The van der Waals surface area contributed by atoms with Gasteiger partial charge in [-0.1, -0.05) is 0 Å². The summed E-state index contributed by atoms with van der Waals surface area (Å²) < 4.78 is 0. The molecule has 0 aliphatic carbocycles. The van der Waals surface area contributed by atoms with Gasteiger partial charge in [-0.3, -0.25) is 0 Å². The zero-order valence-electron chi connectivity index (χ0n) is 13.4. The molecule has 0 amide bonds. The van der Waals surface area contributed by atoms with Crippen molar-refractivity contribution in [1.82, 2.24) is 0 Å². The Labute approximate surface area is 201 Å². The lowest BCUT2D eigenvalue weighted by Gasteiger charge is -1.58. The van der Waals surface area contributed by atoms with Crippen molar-refractivity contribution in [3.63, 3.8) is 0 Å². The first-order valence-electron chi connectivity index (χ1n) is 5.60. The summed E-state index contributed by atoms with van der Waals surface area (Å²) in [6.45, 7) is 0. The van der Waals surface area contributed by atoms with Crippen molar-refractivity contribution in [2.75, 3.05) is 58.2 Å². The molecule has 0 aliphatic heterocycles. The van der Waals surface area contributed by atoms with Crippen LogP contribution in [0.2, 0.25) is 0 Å². The fourth-order valence-corrected chi connectivity index (χ4v) is 0. The molecule has 15 heteroatoms. The highest BCUT2D eigenvalue weighted by Gasteiger charge is 1.68. The van der Waals surface area contributed by atoms with Crippen molar-refractivity contribution in [2.24, 2.45) is 0 Å². The molecule has 25 heavy (non-hydrogen) atoms. The molecular weight excluding hydrogens is 553 g/mol. The van der Waals surface area contributed by atoms with Gasteiger partial charge in [0.1, 0.15) is 28.8 Å². The van der Waals surface area contributed by atoms with E-state index in [1.54, 1.807) is 0 Å².